The number of benzene rings is 1. The highest BCUT2D eigenvalue weighted by Crippen LogP contribution is 2.33. The Morgan fingerprint density at radius 1 is 1.19 bits per heavy atom. The predicted octanol–water partition coefficient (Wildman–Crippen LogP) is 3.85. The number of fused-ring (bicyclic) bond motifs is 1. The summed E-state index contributed by atoms with van der Waals surface area (Å²) in [4.78, 5) is 9.33. The van der Waals surface area contributed by atoms with E-state index in [1.165, 1.54) is 0 Å². The van der Waals surface area contributed by atoms with Crippen molar-refractivity contribution in [1.82, 2.24) is 13.9 Å². The Bertz CT molecular complexity index is 811. The molecule has 0 aliphatic rings. The summed E-state index contributed by atoms with van der Waals surface area (Å²) in [7, 11) is 1.69. The van der Waals surface area contributed by atoms with Crippen LogP contribution in [0.4, 0.5) is 0 Å². The van der Waals surface area contributed by atoms with E-state index in [4.69, 9.17) is 9.72 Å². The van der Waals surface area contributed by atoms with Crippen LogP contribution < -0.4 is 4.74 Å². The van der Waals surface area contributed by atoms with Crippen molar-refractivity contribution >= 4 is 23.0 Å². The van der Waals surface area contributed by atoms with E-state index in [9.17, 15) is 0 Å². The van der Waals surface area contributed by atoms with Crippen LogP contribution in [0.25, 0.3) is 22.6 Å². The molecule has 0 unspecified atom stereocenters. The standard InChI is InChI=1S/C16H17N3OS/c1-10-9-17-14(11(2)15(10)20-3)16-18-12-7-5-6-8-13(12)19(16)21-4/h5-9H,1-4H3. The molecule has 3 aromatic rings. The van der Waals surface area contributed by atoms with Gasteiger partial charge in [0.1, 0.15) is 11.4 Å². The van der Waals surface area contributed by atoms with Crippen LogP contribution in [-0.2, 0) is 0 Å². The van der Waals surface area contributed by atoms with Crippen LogP contribution in [-0.4, -0.2) is 27.3 Å². The van der Waals surface area contributed by atoms with Crippen molar-refractivity contribution in [2.45, 2.75) is 13.8 Å². The van der Waals surface area contributed by atoms with Gasteiger partial charge in [-0.3, -0.25) is 8.96 Å². The van der Waals surface area contributed by atoms with Crippen LogP contribution >= 0.6 is 11.9 Å². The largest absolute Gasteiger partial charge is 0.496 e. The predicted molar refractivity (Wildman–Crippen MR) is 87.9 cm³/mol. The number of aromatic nitrogens is 3. The van der Waals surface area contributed by atoms with Gasteiger partial charge in [-0.25, -0.2) is 4.98 Å². The Kier molecular flexibility index (Phi) is 3.59. The topological polar surface area (TPSA) is 39.9 Å². The number of methoxy groups -OCH3 is 1. The van der Waals surface area contributed by atoms with Gasteiger partial charge in [0.05, 0.1) is 18.1 Å². The molecular formula is C16H17N3OS. The van der Waals surface area contributed by atoms with Crippen molar-refractivity contribution in [2.24, 2.45) is 0 Å². The molecule has 21 heavy (non-hydrogen) atoms. The van der Waals surface area contributed by atoms with Crippen molar-refractivity contribution in [3.63, 3.8) is 0 Å². The minimum Gasteiger partial charge on any atom is -0.496 e. The third-order valence-electron chi connectivity index (χ3n) is 3.56. The van der Waals surface area contributed by atoms with Gasteiger partial charge in [-0.05, 0) is 37.9 Å². The molecule has 0 aliphatic carbocycles. The average molecular weight is 299 g/mol. The summed E-state index contributed by atoms with van der Waals surface area (Å²) in [6, 6.07) is 8.12. The zero-order valence-corrected chi connectivity index (χ0v) is 13.4. The van der Waals surface area contributed by atoms with Crippen LogP contribution in [0.15, 0.2) is 30.5 Å². The van der Waals surface area contributed by atoms with E-state index in [2.05, 4.69) is 15.0 Å². The van der Waals surface area contributed by atoms with Crippen LogP contribution in [0.2, 0.25) is 0 Å². The molecule has 0 bridgehead atoms. The molecule has 1 aromatic carbocycles. The number of ether oxygens (including phenoxy) is 1. The monoisotopic (exact) mass is 299 g/mol. The molecule has 5 heteroatoms. The van der Waals surface area contributed by atoms with Crippen molar-refractivity contribution < 1.29 is 4.74 Å². The number of hydrogen-bond donors (Lipinski definition) is 0. The first-order chi connectivity index (χ1) is 10.2. The summed E-state index contributed by atoms with van der Waals surface area (Å²) in [6.45, 7) is 4.03. The Balaban J connectivity index is 2.30. The summed E-state index contributed by atoms with van der Waals surface area (Å²) in [5.74, 6) is 1.74. The fourth-order valence-corrected chi connectivity index (χ4v) is 3.25. The maximum Gasteiger partial charge on any atom is 0.170 e. The first-order valence-electron chi connectivity index (χ1n) is 6.70. The molecule has 0 N–H and O–H groups in total. The van der Waals surface area contributed by atoms with E-state index in [0.29, 0.717) is 0 Å². The lowest BCUT2D eigenvalue weighted by Gasteiger charge is -2.12. The van der Waals surface area contributed by atoms with Crippen molar-refractivity contribution in [3.05, 3.63) is 41.6 Å². The van der Waals surface area contributed by atoms with Gasteiger partial charge < -0.3 is 4.74 Å². The SMILES string of the molecule is COc1c(C)cnc(-c2nc3ccccc3n2SC)c1C. The highest BCUT2D eigenvalue weighted by molar-refractivity contribution is 7.97. The third kappa shape index (κ3) is 2.17. The van der Waals surface area contributed by atoms with E-state index >= 15 is 0 Å². The fraction of sp³-hybridized carbons (Fsp3) is 0.250. The molecule has 108 valence electrons. The van der Waals surface area contributed by atoms with Gasteiger partial charge in [-0.2, -0.15) is 0 Å². The zero-order chi connectivity index (χ0) is 15.0. The summed E-state index contributed by atoms with van der Waals surface area (Å²) >= 11 is 1.63. The maximum atomic E-state index is 5.50. The number of rotatable bonds is 3. The van der Waals surface area contributed by atoms with Crippen LogP contribution in [0.5, 0.6) is 5.75 Å². The molecule has 0 saturated carbocycles. The highest BCUT2D eigenvalue weighted by atomic mass is 32.2. The second-order valence-corrected chi connectivity index (χ2v) is 5.58. The third-order valence-corrected chi connectivity index (χ3v) is 4.29. The Morgan fingerprint density at radius 2 is 1.95 bits per heavy atom. The second kappa shape index (κ2) is 5.41. The van der Waals surface area contributed by atoms with E-state index in [1.807, 2.05) is 44.5 Å². The van der Waals surface area contributed by atoms with E-state index in [0.717, 1.165) is 39.4 Å². The van der Waals surface area contributed by atoms with Gasteiger partial charge >= 0.3 is 0 Å². The quantitative estimate of drug-likeness (QED) is 0.736. The number of aryl methyl sites for hydroxylation is 1. The van der Waals surface area contributed by atoms with E-state index in [-0.39, 0.29) is 0 Å². The maximum absolute atomic E-state index is 5.50. The first-order valence-corrected chi connectivity index (χ1v) is 7.88. The number of pyridine rings is 1. The number of imidazole rings is 1. The second-order valence-electron chi connectivity index (χ2n) is 4.85. The van der Waals surface area contributed by atoms with Gasteiger partial charge in [-0.1, -0.05) is 12.1 Å². The Hall–Kier alpha value is -2.01. The molecule has 2 aromatic heterocycles. The molecule has 4 nitrogen and oxygen atoms in total. The van der Waals surface area contributed by atoms with E-state index in [1.54, 1.807) is 19.1 Å². The molecule has 0 spiro atoms. The van der Waals surface area contributed by atoms with Gasteiger partial charge in [0.2, 0.25) is 0 Å². The van der Waals surface area contributed by atoms with Gasteiger partial charge in [0.25, 0.3) is 0 Å². The Labute approximate surface area is 128 Å². The van der Waals surface area contributed by atoms with Crippen molar-refractivity contribution in [2.75, 3.05) is 13.4 Å². The number of hydrogen-bond acceptors (Lipinski definition) is 4. The van der Waals surface area contributed by atoms with E-state index < -0.39 is 0 Å². The lowest BCUT2D eigenvalue weighted by atomic mass is 10.1. The summed E-state index contributed by atoms with van der Waals surface area (Å²) in [5, 5.41) is 0. The molecule has 2 heterocycles. The molecule has 0 saturated heterocycles. The summed E-state index contributed by atoms with van der Waals surface area (Å²) in [5.41, 5.74) is 4.99. The van der Waals surface area contributed by atoms with Crippen LogP contribution in [0, 0.1) is 13.8 Å². The van der Waals surface area contributed by atoms with Crippen molar-refractivity contribution in [1.29, 1.82) is 0 Å². The van der Waals surface area contributed by atoms with Crippen LogP contribution in [0.3, 0.4) is 0 Å². The molecule has 0 fully saturated rings. The van der Waals surface area contributed by atoms with Gasteiger partial charge in [0.15, 0.2) is 5.82 Å². The lowest BCUT2D eigenvalue weighted by Crippen LogP contribution is -2.00. The molecule has 0 amide bonds. The number of nitrogens with zero attached hydrogens (tertiary/aromatic N) is 3. The molecular weight excluding hydrogens is 282 g/mol. The Morgan fingerprint density at radius 3 is 2.67 bits per heavy atom. The molecule has 0 radical (unpaired) electrons. The molecule has 3 rings (SSSR count). The molecule has 0 aliphatic heterocycles. The minimum atomic E-state index is 0.861. The highest BCUT2D eigenvalue weighted by Gasteiger charge is 2.18. The minimum absolute atomic E-state index is 0.861. The van der Waals surface area contributed by atoms with Gasteiger partial charge in [0, 0.05) is 23.6 Å². The van der Waals surface area contributed by atoms with Gasteiger partial charge in [-0.15, -0.1) is 0 Å². The molecule has 0 atom stereocenters. The average Bonchev–Trinajstić information content (AvgIpc) is 2.86. The zero-order valence-electron chi connectivity index (χ0n) is 12.5. The normalized spacial score (nSPS) is 11.0. The lowest BCUT2D eigenvalue weighted by molar-refractivity contribution is 0.408. The number of para-hydroxylation sites is 2. The van der Waals surface area contributed by atoms with Crippen LogP contribution in [0.1, 0.15) is 11.1 Å². The smallest absolute Gasteiger partial charge is 0.170 e. The summed E-state index contributed by atoms with van der Waals surface area (Å²) in [6.07, 6.45) is 3.88. The first kappa shape index (κ1) is 13.9. The summed E-state index contributed by atoms with van der Waals surface area (Å²) < 4.78 is 7.61. The fourth-order valence-electron chi connectivity index (χ4n) is 2.60. The van der Waals surface area contributed by atoms with Crippen molar-refractivity contribution in [3.8, 4) is 17.3 Å².